The van der Waals surface area contributed by atoms with Gasteiger partial charge in [-0.05, 0) is 35.2 Å². The third kappa shape index (κ3) is 3.83. The van der Waals surface area contributed by atoms with Gasteiger partial charge in [0.15, 0.2) is 0 Å². The Morgan fingerprint density at radius 1 is 1.10 bits per heavy atom. The van der Waals surface area contributed by atoms with Crippen molar-refractivity contribution in [1.82, 2.24) is 0 Å². The summed E-state index contributed by atoms with van der Waals surface area (Å²) in [6.45, 7) is 0.134. The molecular weight excluding hydrogens is 268 g/mol. The third-order valence-corrected chi connectivity index (χ3v) is 3.32. The number of carbonyl (C=O) groups is 1. The van der Waals surface area contributed by atoms with Gasteiger partial charge in [0.2, 0.25) is 0 Å². The molecule has 0 radical (unpaired) electrons. The molecule has 0 aromatic heterocycles. The van der Waals surface area contributed by atoms with Gasteiger partial charge in [-0.1, -0.05) is 30.3 Å². The lowest BCUT2D eigenvalue weighted by Crippen LogP contribution is -2.01. The lowest BCUT2D eigenvalue weighted by molar-refractivity contribution is 0.0600. The van der Waals surface area contributed by atoms with Gasteiger partial charge in [0.1, 0.15) is 5.75 Å². The summed E-state index contributed by atoms with van der Waals surface area (Å²) in [5.41, 5.74) is 3.21. The number of ether oxygens (including phenoxy) is 1. The van der Waals surface area contributed by atoms with Crippen LogP contribution < -0.4 is 0 Å². The topological polar surface area (TPSA) is 66.8 Å². The Balaban J connectivity index is 2.14. The van der Waals surface area contributed by atoms with E-state index in [9.17, 15) is 9.90 Å². The number of phenols is 1. The van der Waals surface area contributed by atoms with Gasteiger partial charge in [-0.25, -0.2) is 4.79 Å². The Morgan fingerprint density at radius 3 is 2.33 bits per heavy atom. The number of hydrogen-bond donors (Lipinski definition) is 2. The number of aliphatic hydroxyl groups excluding tert-OH is 1. The predicted molar refractivity (Wildman–Crippen MR) is 79.5 cm³/mol. The highest BCUT2D eigenvalue weighted by atomic mass is 16.5. The van der Waals surface area contributed by atoms with Crippen LogP contribution in [0.1, 0.15) is 27.0 Å². The molecule has 0 atom stereocenters. The van der Waals surface area contributed by atoms with Gasteiger partial charge in [-0.3, -0.25) is 0 Å². The smallest absolute Gasteiger partial charge is 0.337 e. The predicted octanol–water partition coefficient (Wildman–Crippen LogP) is 2.30. The SMILES string of the molecule is COC(=O)c1ccc(Cc2ccc(CCO)cc2)c(O)c1. The van der Waals surface area contributed by atoms with Crippen LogP contribution in [-0.4, -0.2) is 29.9 Å². The molecule has 0 spiro atoms. The first-order valence-electron chi connectivity index (χ1n) is 6.73. The van der Waals surface area contributed by atoms with Gasteiger partial charge in [-0.2, -0.15) is 0 Å². The van der Waals surface area contributed by atoms with Crippen LogP contribution in [0, 0.1) is 0 Å². The molecule has 0 fully saturated rings. The van der Waals surface area contributed by atoms with Crippen LogP contribution in [0.15, 0.2) is 42.5 Å². The number of carbonyl (C=O) groups excluding carboxylic acids is 1. The average Bonchev–Trinajstić information content (AvgIpc) is 2.50. The molecule has 2 N–H and O–H groups in total. The first kappa shape index (κ1) is 15.1. The number of aliphatic hydroxyl groups is 1. The second-order valence-corrected chi connectivity index (χ2v) is 4.80. The van der Waals surface area contributed by atoms with E-state index in [4.69, 9.17) is 5.11 Å². The molecule has 4 heteroatoms. The molecule has 2 rings (SSSR count). The Labute approximate surface area is 123 Å². The molecule has 2 aromatic carbocycles. The summed E-state index contributed by atoms with van der Waals surface area (Å²) in [7, 11) is 1.31. The van der Waals surface area contributed by atoms with Crippen molar-refractivity contribution in [3.05, 3.63) is 64.7 Å². The zero-order valence-electron chi connectivity index (χ0n) is 11.9. The van der Waals surface area contributed by atoms with Crippen molar-refractivity contribution in [3.63, 3.8) is 0 Å². The van der Waals surface area contributed by atoms with Crippen molar-refractivity contribution in [2.45, 2.75) is 12.8 Å². The summed E-state index contributed by atoms with van der Waals surface area (Å²) in [6.07, 6.45) is 1.21. The summed E-state index contributed by atoms with van der Waals surface area (Å²) in [5.74, 6) is -0.387. The van der Waals surface area contributed by atoms with Gasteiger partial charge in [0.05, 0.1) is 12.7 Å². The van der Waals surface area contributed by atoms with E-state index in [1.54, 1.807) is 12.1 Å². The summed E-state index contributed by atoms with van der Waals surface area (Å²) >= 11 is 0. The molecule has 0 bridgehead atoms. The van der Waals surface area contributed by atoms with Crippen LogP contribution in [0.25, 0.3) is 0 Å². The lowest BCUT2D eigenvalue weighted by Gasteiger charge is -2.07. The zero-order valence-corrected chi connectivity index (χ0v) is 11.9. The standard InChI is InChI=1S/C17H18O4/c1-21-17(20)15-7-6-14(16(19)11-15)10-13-4-2-12(3-5-13)8-9-18/h2-7,11,18-19H,8-10H2,1H3. The Kier molecular flexibility index (Phi) is 4.95. The van der Waals surface area contributed by atoms with E-state index in [1.807, 2.05) is 24.3 Å². The number of methoxy groups -OCH3 is 1. The van der Waals surface area contributed by atoms with Crippen LogP contribution in [-0.2, 0) is 17.6 Å². The minimum absolute atomic E-state index is 0.0809. The summed E-state index contributed by atoms with van der Waals surface area (Å²) in [6, 6.07) is 12.7. The summed E-state index contributed by atoms with van der Waals surface area (Å²) in [5, 5.41) is 18.9. The fourth-order valence-corrected chi connectivity index (χ4v) is 2.13. The minimum atomic E-state index is -0.467. The molecule has 0 aliphatic heterocycles. The molecule has 0 saturated heterocycles. The minimum Gasteiger partial charge on any atom is -0.508 e. The first-order valence-corrected chi connectivity index (χ1v) is 6.73. The molecular formula is C17H18O4. The Hall–Kier alpha value is -2.33. The molecule has 21 heavy (non-hydrogen) atoms. The summed E-state index contributed by atoms with van der Waals surface area (Å²) in [4.78, 5) is 11.4. The average molecular weight is 286 g/mol. The fraction of sp³-hybridized carbons (Fsp3) is 0.235. The maximum atomic E-state index is 11.4. The van der Waals surface area contributed by atoms with Crippen LogP contribution in [0.2, 0.25) is 0 Å². The van der Waals surface area contributed by atoms with Gasteiger partial charge in [0, 0.05) is 13.0 Å². The molecule has 4 nitrogen and oxygen atoms in total. The number of esters is 1. The Morgan fingerprint density at radius 2 is 1.76 bits per heavy atom. The molecule has 0 unspecified atom stereocenters. The van der Waals surface area contributed by atoms with E-state index in [0.717, 1.165) is 16.7 Å². The van der Waals surface area contributed by atoms with Crippen molar-refractivity contribution >= 4 is 5.97 Å². The molecule has 0 aliphatic carbocycles. The molecule has 2 aromatic rings. The fourth-order valence-electron chi connectivity index (χ4n) is 2.13. The zero-order chi connectivity index (χ0) is 15.2. The van der Waals surface area contributed by atoms with Crippen molar-refractivity contribution in [1.29, 1.82) is 0 Å². The highest BCUT2D eigenvalue weighted by Crippen LogP contribution is 2.22. The monoisotopic (exact) mass is 286 g/mol. The summed E-state index contributed by atoms with van der Waals surface area (Å²) < 4.78 is 4.62. The van der Waals surface area contributed by atoms with E-state index in [1.165, 1.54) is 13.2 Å². The number of hydrogen-bond acceptors (Lipinski definition) is 4. The van der Waals surface area contributed by atoms with Crippen molar-refractivity contribution < 1.29 is 19.7 Å². The van der Waals surface area contributed by atoms with E-state index in [-0.39, 0.29) is 12.4 Å². The van der Waals surface area contributed by atoms with E-state index in [0.29, 0.717) is 18.4 Å². The van der Waals surface area contributed by atoms with Gasteiger partial charge >= 0.3 is 5.97 Å². The molecule has 0 aliphatic rings. The van der Waals surface area contributed by atoms with Crippen molar-refractivity contribution in [3.8, 4) is 5.75 Å². The van der Waals surface area contributed by atoms with Crippen LogP contribution >= 0.6 is 0 Å². The van der Waals surface area contributed by atoms with Gasteiger partial charge in [0.25, 0.3) is 0 Å². The number of phenolic OH excluding ortho intramolecular Hbond substituents is 1. The van der Waals surface area contributed by atoms with Gasteiger partial charge in [-0.15, -0.1) is 0 Å². The van der Waals surface area contributed by atoms with Crippen LogP contribution in [0.4, 0.5) is 0 Å². The maximum Gasteiger partial charge on any atom is 0.337 e. The molecule has 0 heterocycles. The number of rotatable bonds is 5. The molecule has 110 valence electrons. The Bertz CT molecular complexity index is 617. The van der Waals surface area contributed by atoms with E-state index >= 15 is 0 Å². The highest BCUT2D eigenvalue weighted by Gasteiger charge is 2.09. The lowest BCUT2D eigenvalue weighted by atomic mass is 10.0. The second kappa shape index (κ2) is 6.90. The number of benzene rings is 2. The van der Waals surface area contributed by atoms with E-state index < -0.39 is 5.97 Å². The van der Waals surface area contributed by atoms with Crippen molar-refractivity contribution in [2.75, 3.05) is 13.7 Å². The molecule has 0 saturated carbocycles. The van der Waals surface area contributed by atoms with Crippen LogP contribution in [0.3, 0.4) is 0 Å². The molecule has 0 amide bonds. The third-order valence-electron chi connectivity index (χ3n) is 3.32. The quantitative estimate of drug-likeness (QED) is 0.828. The van der Waals surface area contributed by atoms with Crippen molar-refractivity contribution in [2.24, 2.45) is 0 Å². The highest BCUT2D eigenvalue weighted by molar-refractivity contribution is 5.89. The second-order valence-electron chi connectivity index (χ2n) is 4.80. The van der Waals surface area contributed by atoms with Crippen LogP contribution in [0.5, 0.6) is 5.75 Å². The normalized spacial score (nSPS) is 10.4. The first-order chi connectivity index (χ1) is 10.1. The van der Waals surface area contributed by atoms with E-state index in [2.05, 4.69) is 4.74 Å². The van der Waals surface area contributed by atoms with Gasteiger partial charge < -0.3 is 14.9 Å². The number of aromatic hydroxyl groups is 1. The largest absolute Gasteiger partial charge is 0.508 e. The maximum absolute atomic E-state index is 11.4.